The Hall–Kier alpha value is -2.56. The van der Waals surface area contributed by atoms with Gasteiger partial charge >= 0.3 is 0 Å². The molecule has 1 atom stereocenters. The second-order valence-corrected chi connectivity index (χ2v) is 8.21. The zero-order valence-corrected chi connectivity index (χ0v) is 14.9. The van der Waals surface area contributed by atoms with Gasteiger partial charge in [-0.05, 0) is 48.7 Å². The first-order chi connectivity index (χ1) is 12.6. The Bertz CT molecular complexity index is 981. The summed E-state index contributed by atoms with van der Waals surface area (Å²) in [4.78, 5) is 0.154. The predicted octanol–water partition coefficient (Wildman–Crippen LogP) is 2.86. The molecule has 2 aliphatic heterocycles. The third-order valence-corrected chi connectivity index (χ3v) is 6.63. The van der Waals surface area contributed by atoms with E-state index in [2.05, 4.69) is 0 Å². The van der Waals surface area contributed by atoms with E-state index in [1.165, 1.54) is 16.4 Å². The molecule has 0 radical (unpaired) electrons. The van der Waals surface area contributed by atoms with Crippen molar-refractivity contribution in [3.63, 3.8) is 0 Å². The Morgan fingerprint density at radius 3 is 2.69 bits per heavy atom. The van der Waals surface area contributed by atoms with Gasteiger partial charge in [-0.15, -0.1) is 0 Å². The summed E-state index contributed by atoms with van der Waals surface area (Å²) >= 11 is 0. The van der Waals surface area contributed by atoms with Crippen molar-refractivity contribution in [2.45, 2.75) is 23.8 Å². The number of rotatable bonds is 3. The number of fused-ring (bicyclic) bond motifs is 1. The average Bonchev–Trinajstić information content (AvgIpc) is 3.18. The molecule has 0 bridgehead atoms. The molecule has 0 spiro atoms. The number of ether oxygens (including phenoxy) is 2. The van der Waals surface area contributed by atoms with Crippen LogP contribution in [0.3, 0.4) is 0 Å². The van der Waals surface area contributed by atoms with Crippen LogP contribution in [-0.2, 0) is 10.0 Å². The maximum atomic E-state index is 13.1. The third kappa shape index (κ3) is 2.91. The summed E-state index contributed by atoms with van der Waals surface area (Å²) in [5.74, 6) is 1.35. The summed E-state index contributed by atoms with van der Waals surface area (Å²) < 4.78 is 39.0. The number of benzene rings is 2. The van der Waals surface area contributed by atoms with Crippen molar-refractivity contribution in [2.24, 2.45) is 0 Å². The molecule has 0 amide bonds. The fourth-order valence-corrected chi connectivity index (χ4v) is 5.22. The lowest BCUT2D eigenvalue weighted by atomic mass is 10.0. The Morgan fingerprint density at radius 1 is 1.08 bits per heavy atom. The van der Waals surface area contributed by atoms with Crippen LogP contribution in [0, 0.1) is 11.3 Å². The first-order valence-electron chi connectivity index (χ1n) is 8.51. The molecule has 1 saturated heterocycles. The fraction of sp³-hybridized carbons (Fsp3) is 0.316. The first kappa shape index (κ1) is 16.9. The number of nitriles is 1. The van der Waals surface area contributed by atoms with Crippen molar-refractivity contribution in [2.75, 3.05) is 19.8 Å². The average molecular weight is 370 g/mol. The summed E-state index contributed by atoms with van der Waals surface area (Å²) in [5.41, 5.74) is 1.23. The standard InChI is InChI=1S/C19H18N2O4S/c20-13-14-3-1-4-16(11-14)26(22,23)21-8-2-5-17(21)15-6-7-18-19(12-15)25-10-9-24-18/h1,3-4,6-7,11-12,17H,2,5,8-10H2. The molecule has 2 heterocycles. The van der Waals surface area contributed by atoms with Crippen molar-refractivity contribution in [1.82, 2.24) is 4.31 Å². The molecule has 26 heavy (non-hydrogen) atoms. The van der Waals surface area contributed by atoms with Crippen LogP contribution in [0.4, 0.5) is 0 Å². The van der Waals surface area contributed by atoms with E-state index in [1.807, 2.05) is 24.3 Å². The second-order valence-electron chi connectivity index (χ2n) is 6.32. The monoisotopic (exact) mass is 370 g/mol. The van der Waals surface area contributed by atoms with Crippen LogP contribution < -0.4 is 9.47 Å². The summed E-state index contributed by atoms with van der Waals surface area (Å²) in [6.45, 7) is 1.47. The van der Waals surface area contributed by atoms with E-state index in [0.717, 1.165) is 18.4 Å². The zero-order valence-electron chi connectivity index (χ0n) is 14.1. The molecule has 0 N–H and O–H groups in total. The van der Waals surface area contributed by atoms with Crippen molar-refractivity contribution in [1.29, 1.82) is 5.26 Å². The quantitative estimate of drug-likeness (QED) is 0.830. The van der Waals surface area contributed by atoms with Crippen LogP contribution in [-0.4, -0.2) is 32.5 Å². The number of sulfonamides is 1. The maximum Gasteiger partial charge on any atom is 0.243 e. The van der Waals surface area contributed by atoms with E-state index in [4.69, 9.17) is 14.7 Å². The topological polar surface area (TPSA) is 79.6 Å². The number of nitrogens with zero attached hydrogens (tertiary/aromatic N) is 2. The van der Waals surface area contributed by atoms with Crippen molar-refractivity contribution >= 4 is 10.0 Å². The minimum Gasteiger partial charge on any atom is -0.486 e. The summed E-state index contributed by atoms with van der Waals surface area (Å²) in [6.07, 6.45) is 1.53. The lowest BCUT2D eigenvalue weighted by molar-refractivity contribution is 0.171. The highest BCUT2D eigenvalue weighted by Gasteiger charge is 2.36. The van der Waals surface area contributed by atoms with Crippen molar-refractivity contribution < 1.29 is 17.9 Å². The van der Waals surface area contributed by atoms with E-state index >= 15 is 0 Å². The highest BCUT2D eigenvalue weighted by Crippen LogP contribution is 2.40. The summed E-state index contributed by atoms with van der Waals surface area (Å²) in [7, 11) is -3.68. The van der Waals surface area contributed by atoms with E-state index in [1.54, 1.807) is 12.1 Å². The van der Waals surface area contributed by atoms with Crippen LogP contribution in [0.5, 0.6) is 11.5 Å². The van der Waals surface area contributed by atoms with Crippen LogP contribution in [0.2, 0.25) is 0 Å². The van der Waals surface area contributed by atoms with Gasteiger partial charge in [0, 0.05) is 6.54 Å². The van der Waals surface area contributed by atoms with E-state index in [0.29, 0.717) is 36.8 Å². The molecule has 0 saturated carbocycles. The molecular formula is C19H18N2O4S. The first-order valence-corrected chi connectivity index (χ1v) is 9.95. The Kier molecular flexibility index (Phi) is 4.31. The van der Waals surface area contributed by atoms with Gasteiger partial charge in [-0.25, -0.2) is 8.42 Å². The molecule has 1 fully saturated rings. The van der Waals surface area contributed by atoms with Gasteiger partial charge in [-0.1, -0.05) is 12.1 Å². The molecule has 1 unspecified atom stereocenters. The Balaban J connectivity index is 1.69. The van der Waals surface area contributed by atoms with Crippen LogP contribution in [0.15, 0.2) is 47.4 Å². The van der Waals surface area contributed by atoms with Gasteiger partial charge in [-0.3, -0.25) is 0 Å². The molecule has 0 aromatic heterocycles. The number of hydrogen-bond donors (Lipinski definition) is 0. The van der Waals surface area contributed by atoms with E-state index < -0.39 is 10.0 Å². The van der Waals surface area contributed by atoms with Crippen LogP contribution in [0.25, 0.3) is 0 Å². The Morgan fingerprint density at radius 2 is 1.88 bits per heavy atom. The fourth-order valence-electron chi connectivity index (χ4n) is 3.49. The predicted molar refractivity (Wildman–Crippen MR) is 94.5 cm³/mol. The Labute approximate surface area is 152 Å². The molecule has 0 aliphatic carbocycles. The number of hydrogen-bond acceptors (Lipinski definition) is 5. The molecule has 7 heteroatoms. The van der Waals surface area contributed by atoms with E-state index in [-0.39, 0.29) is 10.9 Å². The van der Waals surface area contributed by atoms with Crippen molar-refractivity contribution in [3.8, 4) is 17.6 Å². The van der Waals surface area contributed by atoms with Gasteiger partial charge < -0.3 is 9.47 Å². The minimum atomic E-state index is -3.68. The smallest absolute Gasteiger partial charge is 0.243 e. The highest BCUT2D eigenvalue weighted by molar-refractivity contribution is 7.89. The second kappa shape index (κ2) is 6.63. The van der Waals surface area contributed by atoms with Crippen LogP contribution in [0.1, 0.15) is 30.0 Å². The van der Waals surface area contributed by atoms with Gasteiger partial charge in [0.25, 0.3) is 0 Å². The van der Waals surface area contributed by atoms with Crippen molar-refractivity contribution in [3.05, 3.63) is 53.6 Å². The largest absolute Gasteiger partial charge is 0.486 e. The van der Waals surface area contributed by atoms with E-state index in [9.17, 15) is 8.42 Å². The SMILES string of the molecule is N#Cc1cccc(S(=O)(=O)N2CCCC2c2ccc3c(c2)OCCO3)c1. The lowest BCUT2D eigenvalue weighted by Gasteiger charge is -2.26. The molecule has 2 aromatic rings. The maximum absolute atomic E-state index is 13.1. The molecule has 134 valence electrons. The highest BCUT2D eigenvalue weighted by atomic mass is 32.2. The third-order valence-electron chi connectivity index (χ3n) is 4.72. The molecule has 2 aliphatic rings. The molecule has 6 nitrogen and oxygen atoms in total. The van der Waals surface area contributed by atoms with Gasteiger partial charge in [0.05, 0.1) is 22.6 Å². The van der Waals surface area contributed by atoms with Gasteiger partial charge in [0.1, 0.15) is 13.2 Å². The molecular weight excluding hydrogens is 352 g/mol. The van der Waals surface area contributed by atoms with Gasteiger partial charge in [0.2, 0.25) is 10.0 Å². The molecule has 4 rings (SSSR count). The molecule has 2 aromatic carbocycles. The zero-order chi connectivity index (χ0) is 18.1. The van der Waals surface area contributed by atoms with Gasteiger partial charge in [-0.2, -0.15) is 9.57 Å². The van der Waals surface area contributed by atoms with Gasteiger partial charge in [0.15, 0.2) is 11.5 Å². The summed E-state index contributed by atoms with van der Waals surface area (Å²) in [6, 6.07) is 13.5. The minimum absolute atomic E-state index is 0.154. The summed E-state index contributed by atoms with van der Waals surface area (Å²) in [5, 5.41) is 9.05. The van der Waals surface area contributed by atoms with Crippen LogP contribution >= 0.6 is 0 Å². The normalized spacial score (nSPS) is 19.9. The lowest BCUT2D eigenvalue weighted by Crippen LogP contribution is -2.30.